The summed E-state index contributed by atoms with van der Waals surface area (Å²) in [6, 6.07) is 15.9. The van der Waals surface area contributed by atoms with E-state index in [1.54, 1.807) is 19.1 Å². The maximum Gasteiger partial charge on any atom is 0.475 e. The number of nitrogens with one attached hydrogen (secondary N) is 1. The third-order valence-corrected chi connectivity index (χ3v) is 6.24. The van der Waals surface area contributed by atoms with Crippen LogP contribution < -0.4 is 5.32 Å². The molecule has 10 nitrogen and oxygen atoms in total. The molecule has 1 aromatic heterocycles. The Hall–Kier alpha value is -4.58. The van der Waals surface area contributed by atoms with E-state index in [2.05, 4.69) is 5.32 Å². The fraction of sp³-hybridized carbons (Fsp3) is 0.286. The van der Waals surface area contributed by atoms with Gasteiger partial charge in [-0.2, -0.15) is 10.5 Å². The van der Waals surface area contributed by atoms with Crippen molar-refractivity contribution in [3.05, 3.63) is 76.6 Å². The summed E-state index contributed by atoms with van der Waals surface area (Å²) in [5, 5.41) is 42.0. The average Bonchev–Trinajstić information content (AvgIpc) is 3.34. The quantitative estimate of drug-likeness (QED) is 0.205. The molecular formula is C28H29BN4O6. The highest BCUT2D eigenvalue weighted by molar-refractivity contribution is 6.43. The molecule has 200 valence electrons. The SMILES string of the molecule is CCN(CC)C(=O)C(C#N)=Cc1cc(C#N)cc(C(C)OC(=O)NC(Cc2coc3ccccc23)B(O)O)c1. The first kappa shape index (κ1) is 29.0. The number of furan rings is 1. The second kappa shape index (κ2) is 13.3. The molecule has 0 aliphatic carbocycles. The first-order chi connectivity index (χ1) is 18.7. The monoisotopic (exact) mass is 528 g/mol. The molecule has 2 amide bonds. The van der Waals surface area contributed by atoms with Crippen LogP contribution >= 0.6 is 0 Å². The van der Waals surface area contributed by atoms with E-state index in [4.69, 9.17) is 9.15 Å². The van der Waals surface area contributed by atoms with E-state index in [-0.39, 0.29) is 17.6 Å². The first-order valence-electron chi connectivity index (χ1n) is 12.4. The van der Waals surface area contributed by atoms with Crippen LogP contribution in [-0.4, -0.2) is 53.1 Å². The molecule has 3 rings (SSSR count). The summed E-state index contributed by atoms with van der Waals surface area (Å²) >= 11 is 0. The van der Waals surface area contributed by atoms with E-state index < -0.39 is 31.2 Å². The number of benzene rings is 2. The van der Waals surface area contributed by atoms with Gasteiger partial charge in [-0.25, -0.2) is 4.79 Å². The summed E-state index contributed by atoms with van der Waals surface area (Å²) in [6.07, 6.45) is 1.22. The zero-order valence-corrected chi connectivity index (χ0v) is 21.9. The van der Waals surface area contributed by atoms with Gasteiger partial charge < -0.3 is 29.4 Å². The minimum atomic E-state index is -1.87. The third-order valence-electron chi connectivity index (χ3n) is 6.24. The summed E-state index contributed by atoms with van der Waals surface area (Å²) in [6.45, 7) is 6.10. The highest BCUT2D eigenvalue weighted by Gasteiger charge is 2.28. The van der Waals surface area contributed by atoms with Crippen LogP contribution in [0.4, 0.5) is 4.79 Å². The largest absolute Gasteiger partial charge is 0.475 e. The number of alkyl carbamates (subject to hydrolysis) is 1. The molecule has 11 heteroatoms. The fourth-order valence-electron chi connectivity index (χ4n) is 4.12. The Morgan fingerprint density at radius 2 is 1.90 bits per heavy atom. The van der Waals surface area contributed by atoms with Crippen molar-refractivity contribution in [2.24, 2.45) is 0 Å². The molecule has 0 saturated heterocycles. The topological polar surface area (TPSA) is 160 Å². The Morgan fingerprint density at radius 3 is 2.54 bits per heavy atom. The molecule has 0 fully saturated rings. The van der Waals surface area contributed by atoms with Gasteiger partial charge in [0.15, 0.2) is 0 Å². The van der Waals surface area contributed by atoms with Crippen molar-refractivity contribution in [2.75, 3.05) is 13.1 Å². The molecule has 0 radical (unpaired) electrons. The molecule has 0 spiro atoms. The van der Waals surface area contributed by atoms with Crippen LogP contribution in [0.2, 0.25) is 0 Å². The lowest BCUT2D eigenvalue weighted by atomic mass is 9.76. The zero-order chi connectivity index (χ0) is 28.5. The molecular weight excluding hydrogens is 499 g/mol. The molecule has 0 saturated carbocycles. The maximum absolute atomic E-state index is 12.7. The highest BCUT2D eigenvalue weighted by atomic mass is 16.6. The lowest BCUT2D eigenvalue weighted by Crippen LogP contribution is -2.48. The maximum atomic E-state index is 12.7. The number of likely N-dealkylation sites (N-methyl/N-ethyl adjacent to an activating group) is 1. The number of rotatable bonds is 10. The van der Waals surface area contributed by atoms with Crippen molar-refractivity contribution in [1.82, 2.24) is 10.2 Å². The summed E-state index contributed by atoms with van der Waals surface area (Å²) in [7, 11) is -1.87. The van der Waals surface area contributed by atoms with Gasteiger partial charge in [0.2, 0.25) is 0 Å². The number of hydrogen-bond acceptors (Lipinski definition) is 8. The minimum absolute atomic E-state index is 0.0779. The van der Waals surface area contributed by atoms with Gasteiger partial charge in [-0.05, 0) is 74.2 Å². The van der Waals surface area contributed by atoms with Crippen LogP contribution in [0.25, 0.3) is 17.0 Å². The van der Waals surface area contributed by atoms with Gasteiger partial charge in [0.05, 0.1) is 23.8 Å². The number of carbonyl (C=O) groups excluding carboxylic acids is 2. The summed E-state index contributed by atoms with van der Waals surface area (Å²) < 4.78 is 10.9. The van der Waals surface area contributed by atoms with E-state index in [9.17, 15) is 30.2 Å². The van der Waals surface area contributed by atoms with Crippen LogP contribution in [0.1, 0.15) is 49.1 Å². The van der Waals surface area contributed by atoms with E-state index in [1.807, 2.05) is 44.2 Å². The second-order valence-corrected chi connectivity index (χ2v) is 8.82. The molecule has 0 bridgehead atoms. The molecule has 1 heterocycles. The Bertz CT molecular complexity index is 1450. The predicted octanol–water partition coefficient (Wildman–Crippen LogP) is 3.49. The van der Waals surface area contributed by atoms with Crippen molar-refractivity contribution in [3.8, 4) is 12.1 Å². The lowest BCUT2D eigenvalue weighted by Gasteiger charge is -2.20. The number of nitrogens with zero attached hydrogens (tertiary/aromatic N) is 3. The Morgan fingerprint density at radius 1 is 1.18 bits per heavy atom. The number of hydrogen-bond donors (Lipinski definition) is 3. The van der Waals surface area contributed by atoms with Gasteiger partial charge >= 0.3 is 13.2 Å². The van der Waals surface area contributed by atoms with E-state index in [0.29, 0.717) is 35.4 Å². The van der Waals surface area contributed by atoms with Crippen molar-refractivity contribution < 1.29 is 28.8 Å². The first-order valence-corrected chi connectivity index (χ1v) is 12.4. The zero-order valence-electron chi connectivity index (χ0n) is 21.9. The van der Waals surface area contributed by atoms with Crippen LogP contribution in [0, 0.1) is 22.7 Å². The van der Waals surface area contributed by atoms with Crippen LogP contribution in [-0.2, 0) is 16.0 Å². The Balaban J connectivity index is 1.77. The van der Waals surface area contributed by atoms with Gasteiger partial charge in [-0.15, -0.1) is 0 Å². The number of carbonyl (C=O) groups is 2. The molecule has 2 aromatic carbocycles. The molecule has 3 N–H and O–H groups in total. The smallest absolute Gasteiger partial charge is 0.464 e. The summed E-state index contributed by atoms with van der Waals surface area (Å²) in [5.74, 6) is -1.51. The fourth-order valence-corrected chi connectivity index (χ4v) is 4.12. The van der Waals surface area contributed by atoms with Gasteiger partial charge in [-0.1, -0.05) is 18.2 Å². The molecule has 2 unspecified atom stereocenters. The number of ether oxygens (including phenoxy) is 1. The molecule has 3 aromatic rings. The summed E-state index contributed by atoms with van der Waals surface area (Å²) in [4.78, 5) is 26.8. The highest BCUT2D eigenvalue weighted by Crippen LogP contribution is 2.24. The second-order valence-electron chi connectivity index (χ2n) is 8.82. The van der Waals surface area contributed by atoms with Crippen molar-refractivity contribution in [3.63, 3.8) is 0 Å². The average molecular weight is 528 g/mol. The van der Waals surface area contributed by atoms with Gasteiger partial charge in [0.1, 0.15) is 23.3 Å². The van der Waals surface area contributed by atoms with Gasteiger partial charge in [0.25, 0.3) is 5.91 Å². The Kier molecular flexibility index (Phi) is 9.88. The van der Waals surface area contributed by atoms with Crippen molar-refractivity contribution in [2.45, 2.75) is 39.2 Å². The summed E-state index contributed by atoms with van der Waals surface area (Å²) in [5.41, 5.74) is 2.35. The van der Waals surface area contributed by atoms with Crippen LogP contribution in [0.15, 0.2) is 58.7 Å². The predicted molar refractivity (Wildman–Crippen MR) is 145 cm³/mol. The molecule has 2 atom stereocenters. The Labute approximate surface area is 226 Å². The van der Waals surface area contributed by atoms with Gasteiger partial charge in [0, 0.05) is 18.5 Å². The molecule has 0 aliphatic heterocycles. The lowest BCUT2D eigenvalue weighted by molar-refractivity contribution is -0.126. The number of amides is 2. The molecule has 0 aliphatic rings. The normalized spacial score (nSPS) is 12.6. The van der Waals surface area contributed by atoms with Gasteiger partial charge in [-0.3, -0.25) is 4.79 Å². The van der Waals surface area contributed by atoms with Crippen LogP contribution in [0.3, 0.4) is 0 Å². The number of para-hydroxylation sites is 1. The third kappa shape index (κ3) is 7.26. The standard InChI is InChI=1S/C28H29BN4O6/c1-4-33(5-2)27(34)22(16-31)12-19-10-20(15-30)13-21(11-19)18(3)39-28(35)32-26(29(36)37)14-23-17-38-25-9-7-6-8-24(23)25/h6-13,17-18,26,36-37H,4-5,14H2,1-3H3,(H,32,35). The van der Waals surface area contributed by atoms with E-state index in [1.165, 1.54) is 29.4 Å². The van der Waals surface area contributed by atoms with E-state index >= 15 is 0 Å². The number of nitriles is 2. The number of fused-ring (bicyclic) bond motifs is 1. The van der Waals surface area contributed by atoms with Crippen molar-refractivity contribution in [1.29, 1.82) is 10.5 Å². The minimum Gasteiger partial charge on any atom is -0.464 e. The van der Waals surface area contributed by atoms with E-state index in [0.717, 1.165) is 5.39 Å². The molecule has 39 heavy (non-hydrogen) atoms. The van der Waals surface area contributed by atoms with Crippen LogP contribution in [0.5, 0.6) is 0 Å². The van der Waals surface area contributed by atoms with Crippen molar-refractivity contribution >= 4 is 36.2 Å².